The number of aromatic nitrogens is 2. The first-order valence-corrected chi connectivity index (χ1v) is 6.00. The van der Waals surface area contributed by atoms with Crippen LogP contribution in [0.4, 0.5) is 11.1 Å². The van der Waals surface area contributed by atoms with Crippen LogP contribution in [0.15, 0.2) is 0 Å². The first kappa shape index (κ1) is 13.1. The normalized spacial score (nSPS) is 10.6. The van der Waals surface area contributed by atoms with Gasteiger partial charge >= 0.3 is 0 Å². The molecule has 16 heavy (non-hydrogen) atoms. The van der Waals surface area contributed by atoms with Crippen LogP contribution in [0.3, 0.4) is 0 Å². The topological polar surface area (TPSA) is 82.3 Å². The fraction of sp³-hybridized carbons (Fsp3) is 0.778. The highest BCUT2D eigenvalue weighted by Gasteiger charge is 1.98. The minimum absolute atomic E-state index is 0.329. The summed E-state index contributed by atoms with van der Waals surface area (Å²) < 4.78 is 14.1. The van der Waals surface area contributed by atoms with Crippen molar-refractivity contribution >= 4 is 22.6 Å². The SMILES string of the molecule is COCCOCCCCNc1nc(N)ns1. The summed E-state index contributed by atoms with van der Waals surface area (Å²) in [5.74, 6) is 0.329. The summed E-state index contributed by atoms with van der Waals surface area (Å²) in [4.78, 5) is 4.00. The van der Waals surface area contributed by atoms with Crippen LogP contribution in [0.25, 0.3) is 0 Å². The number of hydrogen-bond acceptors (Lipinski definition) is 7. The molecule has 1 aromatic rings. The summed E-state index contributed by atoms with van der Waals surface area (Å²) in [5, 5.41) is 3.93. The number of rotatable bonds is 9. The number of nitrogen functional groups attached to an aromatic ring is 1. The Morgan fingerprint density at radius 2 is 2.19 bits per heavy atom. The molecule has 0 bridgehead atoms. The molecule has 0 aliphatic carbocycles. The van der Waals surface area contributed by atoms with Crippen molar-refractivity contribution in [3.8, 4) is 0 Å². The van der Waals surface area contributed by atoms with Crippen LogP contribution in [0, 0.1) is 0 Å². The molecule has 0 atom stereocenters. The zero-order chi connectivity index (χ0) is 11.6. The molecule has 0 saturated heterocycles. The van der Waals surface area contributed by atoms with Gasteiger partial charge in [0.05, 0.1) is 13.2 Å². The summed E-state index contributed by atoms with van der Waals surface area (Å²) in [6.45, 7) is 2.95. The van der Waals surface area contributed by atoms with E-state index in [9.17, 15) is 0 Å². The van der Waals surface area contributed by atoms with Crippen LogP contribution < -0.4 is 11.1 Å². The van der Waals surface area contributed by atoms with Gasteiger partial charge < -0.3 is 20.5 Å². The predicted octanol–water partition coefficient (Wildman–Crippen LogP) is 0.975. The number of methoxy groups -OCH3 is 1. The molecular formula is C9H18N4O2S. The Kier molecular flexibility index (Phi) is 6.78. The van der Waals surface area contributed by atoms with Crippen molar-refractivity contribution in [1.82, 2.24) is 9.36 Å². The van der Waals surface area contributed by atoms with E-state index in [1.54, 1.807) is 7.11 Å². The lowest BCUT2D eigenvalue weighted by atomic mass is 10.3. The Balaban J connectivity index is 1.88. The standard InChI is InChI=1S/C9H18N4O2S/c1-14-6-7-15-5-3-2-4-11-9-12-8(10)13-16-9/h2-7H2,1H3,(H3,10,11,12,13). The molecular weight excluding hydrogens is 228 g/mol. The third kappa shape index (κ3) is 5.84. The summed E-state index contributed by atoms with van der Waals surface area (Å²) >= 11 is 1.28. The Morgan fingerprint density at radius 3 is 2.88 bits per heavy atom. The van der Waals surface area contributed by atoms with E-state index in [-0.39, 0.29) is 0 Å². The molecule has 0 unspecified atom stereocenters. The number of ether oxygens (including phenoxy) is 2. The lowest BCUT2D eigenvalue weighted by molar-refractivity contribution is 0.0691. The van der Waals surface area contributed by atoms with E-state index >= 15 is 0 Å². The van der Waals surface area contributed by atoms with Gasteiger partial charge in [0.15, 0.2) is 0 Å². The van der Waals surface area contributed by atoms with Gasteiger partial charge in [0, 0.05) is 31.8 Å². The lowest BCUT2D eigenvalue weighted by Crippen LogP contribution is -2.06. The van der Waals surface area contributed by atoms with Crippen molar-refractivity contribution in [2.45, 2.75) is 12.8 Å². The van der Waals surface area contributed by atoms with Gasteiger partial charge in [-0.25, -0.2) is 0 Å². The maximum Gasteiger partial charge on any atom is 0.233 e. The van der Waals surface area contributed by atoms with E-state index in [2.05, 4.69) is 14.7 Å². The van der Waals surface area contributed by atoms with Crippen LogP contribution in [0.1, 0.15) is 12.8 Å². The minimum Gasteiger partial charge on any atom is -0.382 e. The number of nitrogens with two attached hydrogens (primary N) is 1. The number of nitrogens with zero attached hydrogens (tertiary/aromatic N) is 2. The monoisotopic (exact) mass is 246 g/mol. The van der Waals surface area contributed by atoms with Gasteiger partial charge in [-0.3, -0.25) is 0 Å². The van der Waals surface area contributed by atoms with Crippen molar-refractivity contribution < 1.29 is 9.47 Å². The van der Waals surface area contributed by atoms with E-state index in [1.807, 2.05) is 0 Å². The second-order valence-corrected chi connectivity index (χ2v) is 3.95. The average molecular weight is 246 g/mol. The molecule has 0 spiro atoms. The fourth-order valence-electron chi connectivity index (χ4n) is 1.08. The lowest BCUT2D eigenvalue weighted by Gasteiger charge is -2.03. The van der Waals surface area contributed by atoms with Gasteiger partial charge in [-0.2, -0.15) is 9.36 Å². The average Bonchev–Trinajstić information content (AvgIpc) is 2.68. The van der Waals surface area contributed by atoms with Crippen LogP contribution in [0.2, 0.25) is 0 Å². The van der Waals surface area contributed by atoms with Gasteiger partial charge in [0.1, 0.15) is 0 Å². The minimum atomic E-state index is 0.329. The molecule has 6 nitrogen and oxygen atoms in total. The Hall–Kier alpha value is -0.920. The molecule has 0 radical (unpaired) electrons. The Morgan fingerprint density at radius 1 is 1.31 bits per heavy atom. The van der Waals surface area contributed by atoms with Gasteiger partial charge in [0.2, 0.25) is 11.1 Å². The van der Waals surface area contributed by atoms with E-state index in [4.69, 9.17) is 15.2 Å². The number of nitrogens with one attached hydrogen (secondary N) is 1. The van der Waals surface area contributed by atoms with Crippen molar-refractivity contribution in [2.24, 2.45) is 0 Å². The van der Waals surface area contributed by atoms with E-state index in [0.29, 0.717) is 19.2 Å². The summed E-state index contributed by atoms with van der Waals surface area (Å²) in [7, 11) is 1.67. The van der Waals surface area contributed by atoms with Gasteiger partial charge in [0.25, 0.3) is 0 Å². The summed E-state index contributed by atoms with van der Waals surface area (Å²) in [6.07, 6.45) is 2.05. The van der Waals surface area contributed by atoms with E-state index in [0.717, 1.165) is 31.1 Å². The highest BCUT2D eigenvalue weighted by atomic mass is 32.1. The molecule has 0 aliphatic rings. The second kappa shape index (κ2) is 8.26. The molecule has 7 heteroatoms. The molecule has 0 fully saturated rings. The Labute approximate surface area is 99.3 Å². The van der Waals surface area contributed by atoms with Crippen LogP contribution in [-0.2, 0) is 9.47 Å². The van der Waals surface area contributed by atoms with Crippen LogP contribution in [-0.4, -0.2) is 42.8 Å². The predicted molar refractivity (Wildman–Crippen MR) is 64.7 cm³/mol. The van der Waals surface area contributed by atoms with Gasteiger partial charge in [-0.1, -0.05) is 0 Å². The molecule has 3 N–H and O–H groups in total. The second-order valence-electron chi connectivity index (χ2n) is 3.20. The van der Waals surface area contributed by atoms with Gasteiger partial charge in [-0.05, 0) is 12.8 Å². The Bertz CT molecular complexity index is 282. The molecule has 1 heterocycles. The highest BCUT2D eigenvalue weighted by Crippen LogP contribution is 2.11. The number of unbranched alkanes of at least 4 members (excludes halogenated alkanes) is 1. The van der Waals surface area contributed by atoms with Crippen molar-refractivity contribution in [2.75, 3.05) is 44.5 Å². The summed E-state index contributed by atoms with van der Waals surface area (Å²) in [6, 6.07) is 0. The number of hydrogen-bond donors (Lipinski definition) is 2. The smallest absolute Gasteiger partial charge is 0.233 e. The van der Waals surface area contributed by atoms with Gasteiger partial charge in [-0.15, -0.1) is 0 Å². The molecule has 0 saturated carbocycles. The van der Waals surface area contributed by atoms with Crippen molar-refractivity contribution in [1.29, 1.82) is 0 Å². The number of anilines is 2. The highest BCUT2D eigenvalue weighted by molar-refractivity contribution is 7.09. The molecule has 0 aliphatic heterocycles. The molecule has 1 rings (SSSR count). The molecule has 92 valence electrons. The largest absolute Gasteiger partial charge is 0.382 e. The van der Waals surface area contributed by atoms with E-state index < -0.39 is 0 Å². The maximum atomic E-state index is 5.39. The van der Waals surface area contributed by atoms with Crippen LogP contribution >= 0.6 is 11.5 Å². The third-order valence-corrected chi connectivity index (χ3v) is 2.55. The quantitative estimate of drug-likeness (QED) is 0.632. The molecule has 1 aromatic heterocycles. The first-order chi connectivity index (χ1) is 7.83. The molecule has 0 aromatic carbocycles. The van der Waals surface area contributed by atoms with Crippen molar-refractivity contribution in [3.63, 3.8) is 0 Å². The van der Waals surface area contributed by atoms with Crippen molar-refractivity contribution in [3.05, 3.63) is 0 Å². The zero-order valence-electron chi connectivity index (χ0n) is 9.44. The third-order valence-electron chi connectivity index (χ3n) is 1.87. The first-order valence-electron chi connectivity index (χ1n) is 5.22. The van der Waals surface area contributed by atoms with Crippen LogP contribution in [0.5, 0.6) is 0 Å². The molecule has 0 amide bonds. The zero-order valence-corrected chi connectivity index (χ0v) is 10.3. The van der Waals surface area contributed by atoms with E-state index in [1.165, 1.54) is 11.5 Å². The maximum absolute atomic E-state index is 5.39. The summed E-state index contributed by atoms with van der Waals surface area (Å²) in [5.41, 5.74) is 5.39. The fourth-order valence-corrected chi connectivity index (χ4v) is 1.60.